The molecule has 0 aliphatic rings. The predicted molar refractivity (Wildman–Crippen MR) is 78.6 cm³/mol. The van der Waals surface area contributed by atoms with Gasteiger partial charge in [0, 0.05) is 28.2 Å². The molecule has 0 radical (unpaired) electrons. The van der Waals surface area contributed by atoms with Crippen molar-refractivity contribution in [1.29, 1.82) is 0 Å². The summed E-state index contributed by atoms with van der Waals surface area (Å²) in [7, 11) is 2.95. The van der Waals surface area contributed by atoms with E-state index in [4.69, 9.17) is 20.2 Å². The van der Waals surface area contributed by atoms with Crippen molar-refractivity contribution in [3.05, 3.63) is 28.3 Å². The molecule has 0 unspecified atom stereocenters. The van der Waals surface area contributed by atoms with E-state index in [1.165, 1.54) is 25.3 Å². The molecule has 0 N–H and O–H groups in total. The molecule has 0 bridgehead atoms. The molecule has 0 fully saturated rings. The van der Waals surface area contributed by atoms with Gasteiger partial charge in [-0.3, -0.25) is 10.1 Å². The maximum Gasteiger partial charge on any atom is 0.311 e. The molecule has 9 heteroatoms. The number of ether oxygens (including phenoxy) is 2. The molecule has 21 heavy (non-hydrogen) atoms. The Morgan fingerprint density at radius 3 is 2.48 bits per heavy atom. The van der Waals surface area contributed by atoms with Crippen molar-refractivity contribution in [3.63, 3.8) is 0 Å². The van der Waals surface area contributed by atoms with Crippen LogP contribution in [0.25, 0.3) is 0 Å². The lowest BCUT2D eigenvalue weighted by Gasteiger charge is -2.22. The van der Waals surface area contributed by atoms with Crippen LogP contribution in [0, 0.1) is 15.5 Å². The first-order valence-electron chi connectivity index (χ1n) is 5.92. The van der Waals surface area contributed by atoms with Crippen LogP contribution in [0.1, 0.15) is 13.8 Å². The van der Waals surface area contributed by atoms with E-state index in [0.29, 0.717) is 5.75 Å². The third kappa shape index (κ3) is 5.76. The lowest BCUT2D eigenvalue weighted by molar-refractivity contribution is -0.386. The first-order valence-corrected chi connectivity index (χ1v) is 8.39. The number of rotatable bonds is 7. The number of nitrogens with zero attached hydrogens (tertiary/aromatic N) is 1. The van der Waals surface area contributed by atoms with Crippen LogP contribution >= 0.6 is 10.7 Å². The van der Waals surface area contributed by atoms with E-state index in [2.05, 4.69) is 0 Å². The Hall–Kier alpha value is -1.54. The summed E-state index contributed by atoms with van der Waals surface area (Å²) in [6.07, 6.45) is 0. The lowest BCUT2D eigenvalue weighted by Crippen LogP contribution is -2.28. The number of nitro groups is 1. The molecular weight excluding hydrogens is 322 g/mol. The zero-order valence-corrected chi connectivity index (χ0v) is 13.4. The van der Waals surface area contributed by atoms with Crippen LogP contribution < -0.4 is 9.47 Å². The van der Waals surface area contributed by atoms with Gasteiger partial charge in [0.05, 0.1) is 24.4 Å². The van der Waals surface area contributed by atoms with Crippen molar-refractivity contribution < 1.29 is 22.8 Å². The molecule has 0 saturated heterocycles. The van der Waals surface area contributed by atoms with Gasteiger partial charge in [-0.05, 0) is 6.07 Å². The van der Waals surface area contributed by atoms with Crippen LogP contribution in [0.4, 0.5) is 5.69 Å². The highest BCUT2D eigenvalue weighted by Crippen LogP contribution is 2.32. The summed E-state index contributed by atoms with van der Waals surface area (Å²) in [4.78, 5) is 10.4. The monoisotopic (exact) mass is 337 g/mol. The molecule has 1 rings (SSSR count). The Labute approximate surface area is 127 Å². The predicted octanol–water partition coefficient (Wildman–Crippen LogP) is 2.58. The van der Waals surface area contributed by atoms with Crippen LogP contribution in [0.3, 0.4) is 0 Å². The van der Waals surface area contributed by atoms with Gasteiger partial charge in [-0.25, -0.2) is 8.42 Å². The summed E-state index contributed by atoms with van der Waals surface area (Å²) in [6.45, 7) is 3.23. The number of benzene rings is 1. The summed E-state index contributed by atoms with van der Waals surface area (Å²) in [5, 5.41) is 10.9. The third-order valence-corrected chi connectivity index (χ3v) is 4.00. The summed E-state index contributed by atoms with van der Waals surface area (Å²) in [5.41, 5.74) is -1.02. The second-order valence-corrected chi connectivity index (χ2v) is 8.00. The quantitative estimate of drug-likeness (QED) is 0.431. The molecule has 0 amide bonds. The summed E-state index contributed by atoms with van der Waals surface area (Å²) < 4.78 is 32.6. The van der Waals surface area contributed by atoms with Crippen LogP contribution in [0.5, 0.6) is 11.5 Å². The Balaban J connectivity index is 2.94. The van der Waals surface area contributed by atoms with Crippen LogP contribution in [0.15, 0.2) is 18.2 Å². The van der Waals surface area contributed by atoms with E-state index in [9.17, 15) is 18.5 Å². The van der Waals surface area contributed by atoms with Gasteiger partial charge in [-0.2, -0.15) is 0 Å². The van der Waals surface area contributed by atoms with Gasteiger partial charge in [0.2, 0.25) is 14.8 Å². The highest BCUT2D eigenvalue weighted by molar-refractivity contribution is 8.13. The Morgan fingerprint density at radius 1 is 1.38 bits per heavy atom. The van der Waals surface area contributed by atoms with E-state index >= 15 is 0 Å². The molecule has 1 aromatic carbocycles. The van der Waals surface area contributed by atoms with Crippen molar-refractivity contribution in [1.82, 2.24) is 0 Å². The molecule has 1 aromatic rings. The fraction of sp³-hybridized carbons (Fsp3) is 0.500. The van der Waals surface area contributed by atoms with Crippen molar-refractivity contribution in [2.45, 2.75) is 13.8 Å². The fourth-order valence-corrected chi connectivity index (χ4v) is 3.57. The van der Waals surface area contributed by atoms with Crippen molar-refractivity contribution in [2.75, 3.05) is 19.5 Å². The highest BCUT2D eigenvalue weighted by atomic mass is 35.7. The Kier molecular flexibility index (Phi) is 5.41. The standard InChI is InChI=1S/C12H16ClNO6S/c1-12(2,8-21(13,17)18)7-20-11-6-9(19-3)4-5-10(11)14(15)16/h4-6H,7-8H2,1-3H3. The van der Waals surface area contributed by atoms with E-state index < -0.39 is 19.4 Å². The molecule has 118 valence electrons. The topological polar surface area (TPSA) is 95.7 Å². The van der Waals surface area contributed by atoms with Crippen molar-refractivity contribution in [2.24, 2.45) is 5.41 Å². The zero-order valence-electron chi connectivity index (χ0n) is 11.8. The largest absolute Gasteiger partial charge is 0.497 e. The second kappa shape index (κ2) is 6.48. The minimum atomic E-state index is -3.69. The smallest absolute Gasteiger partial charge is 0.311 e. The SMILES string of the molecule is COc1ccc([N+](=O)[O-])c(OCC(C)(C)CS(=O)(=O)Cl)c1. The average molecular weight is 338 g/mol. The van der Waals surface area contributed by atoms with Gasteiger partial charge in [0.25, 0.3) is 0 Å². The molecular formula is C12H16ClNO6S. The number of nitro benzene ring substituents is 1. The Morgan fingerprint density at radius 2 is 2.00 bits per heavy atom. The van der Waals surface area contributed by atoms with Crippen molar-refractivity contribution in [3.8, 4) is 11.5 Å². The van der Waals surface area contributed by atoms with Crippen molar-refractivity contribution >= 4 is 25.4 Å². The lowest BCUT2D eigenvalue weighted by atomic mass is 9.98. The van der Waals surface area contributed by atoms with Gasteiger partial charge in [-0.1, -0.05) is 13.8 Å². The van der Waals surface area contributed by atoms with Crippen LogP contribution in [-0.4, -0.2) is 32.8 Å². The second-order valence-electron chi connectivity index (χ2n) is 5.23. The first-order chi connectivity index (χ1) is 9.54. The molecule has 0 heterocycles. The third-order valence-electron chi connectivity index (χ3n) is 2.55. The molecule has 0 aromatic heterocycles. The zero-order chi connectivity index (χ0) is 16.3. The number of halogens is 1. The maximum absolute atomic E-state index is 11.1. The Bertz CT molecular complexity index is 629. The molecule has 0 spiro atoms. The number of hydrogen-bond donors (Lipinski definition) is 0. The van der Waals surface area contributed by atoms with E-state index in [1.807, 2.05) is 0 Å². The van der Waals surface area contributed by atoms with E-state index in [1.54, 1.807) is 13.8 Å². The number of methoxy groups -OCH3 is 1. The van der Waals surface area contributed by atoms with Gasteiger partial charge in [-0.15, -0.1) is 0 Å². The normalized spacial score (nSPS) is 12.0. The summed E-state index contributed by atoms with van der Waals surface area (Å²) in [6, 6.07) is 4.09. The average Bonchev–Trinajstić information content (AvgIpc) is 2.33. The molecule has 7 nitrogen and oxygen atoms in total. The fourth-order valence-electron chi connectivity index (χ4n) is 1.67. The van der Waals surface area contributed by atoms with Crippen LogP contribution in [0.2, 0.25) is 0 Å². The first kappa shape index (κ1) is 17.5. The summed E-state index contributed by atoms with van der Waals surface area (Å²) >= 11 is 0. The maximum atomic E-state index is 11.1. The van der Waals surface area contributed by atoms with Gasteiger partial charge >= 0.3 is 5.69 Å². The van der Waals surface area contributed by atoms with Crippen LogP contribution in [-0.2, 0) is 9.05 Å². The molecule has 0 atom stereocenters. The van der Waals surface area contributed by atoms with E-state index in [-0.39, 0.29) is 23.8 Å². The van der Waals surface area contributed by atoms with Gasteiger partial charge in [0.15, 0.2) is 0 Å². The molecule has 0 aliphatic carbocycles. The minimum Gasteiger partial charge on any atom is -0.497 e. The minimum absolute atomic E-state index is 0.0133. The van der Waals surface area contributed by atoms with Gasteiger partial charge in [0.1, 0.15) is 5.75 Å². The van der Waals surface area contributed by atoms with Gasteiger partial charge < -0.3 is 9.47 Å². The number of hydrogen-bond acceptors (Lipinski definition) is 6. The van der Waals surface area contributed by atoms with E-state index in [0.717, 1.165) is 0 Å². The highest BCUT2D eigenvalue weighted by Gasteiger charge is 2.27. The molecule has 0 saturated carbocycles. The summed E-state index contributed by atoms with van der Waals surface area (Å²) in [5.74, 6) is 0.108. The molecule has 0 aliphatic heterocycles.